The zero-order chi connectivity index (χ0) is 13.2. The van der Waals surface area contributed by atoms with Crippen molar-refractivity contribution in [1.29, 1.82) is 0 Å². The number of aliphatic hydroxyl groups is 1. The lowest BCUT2D eigenvalue weighted by atomic mass is 10.4. The molecular formula is C7H9ClN2O5S2. The zero-order valence-electron chi connectivity index (χ0n) is 8.58. The number of aliphatic hydroxyl groups excluding tert-OH is 1. The van der Waals surface area contributed by atoms with Crippen LogP contribution in [-0.4, -0.2) is 31.1 Å². The summed E-state index contributed by atoms with van der Waals surface area (Å²) >= 11 is 6.14. The monoisotopic (exact) mass is 300 g/mol. The quantitative estimate of drug-likeness (QED) is 0.622. The highest BCUT2D eigenvalue weighted by atomic mass is 35.5. The summed E-state index contributed by atoms with van der Waals surface area (Å²) in [4.78, 5) is 9.74. The molecule has 0 saturated heterocycles. The van der Waals surface area contributed by atoms with E-state index in [4.69, 9.17) is 16.7 Å². The summed E-state index contributed by atoms with van der Waals surface area (Å²) in [6, 6.07) is 0.886. The normalized spacial score (nSPS) is 13.6. The fraction of sp³-hybridized carbons (Fsp3) is 0.429. The van der Waals surface area contributed by atoms with Gasteiger partial charge in [0.05, 0.1) is 11.0 Å². The first kappa shape index (κ1) is 14.3. The average molecular weight is 301 g/mol. The molecule has 0 saturated carbocycles. The van der Waals surface area contributed by atoms with E-state index < -0.39 is 26.7 Å². The number of rotatable bonds is 5. The molecule has 17 heavy (non-hydrogen) atoms. The zero-order valence-corrected chi connectivity index (χ0v) is 11.0. The molecule has 1 aromatic heterocycles. The average Bonchev–Trinajstić information content (AvgIpc) is 2.58. The summed E-state index contributed by atoms with van der Waals surface area (Å²) in [7, 11) is -3.87. The molecule has 0 aromatic carbocycles. The summed E-state index contributed by atoms with van der Waals surface area (Å²) in [5.41, 5.74) is -0.450. The number of nitro groups is 1. The molecule has 0 radical (unpaired) electrons. The number of halogens is 1. The van der Waals surface area contributed by atoms with E-state index in [-0.39, 0.29) is 15.1 Å². The van der Waals surface area contributed by atoms with E-state index in [1.54, 1.807) is 0 Å². The lowest BCUT2D eigenvalue weighted by Gasteiger charge is -2.05. The minimum atomic E-state index is -3.87. The van der Waals surface area contributed by atoms with Crippen LogP contribution in [0.4, 0.5) is 5.69 Å². The summed E-state index contributed by atoms with van der Waals surface area (Å²) < 4.78 is 24.9. The van der Waals surface area contributed by atoms with Gasteiger partial charge in [0, 0.05) is 12.6 Å². The van der Waals surface area contributed by atoms with Crippen molar-refractivity contribution in [2.24, 2.45) is 0 Å². The van der Waals surface area contributed by atoms with Gasteiger partial charge < -0.3 is 5.11 Å². The van der Waals surface area contributed by atoms with E-state index in [1.807, 2.05) is 0 Å². The number of nitrogens with zero attached hydrogens (tertiary/aromatic N) is 1. The first-order valence-electron chi connectivity index (χ1n) is 4.35. The largest absolute Gasteiger partial charge is 0.392 e. The van der Waals surface area contributed by atoms with Gasteiger partial charge in [0.15, 0.2) is 4.34 Å². The molecule has 10 heteroatoms. The molecule has 0 fully saturated rings. The van der Waals surface area contributed by atoms with Gasteiger partial charge >= 0.3 is 0 Å². The molecular weight excluding hydrogens is 292 g/mol. The lowest BCUT2D eigenvalue weighted by Crippen LogP contribution is -2.30. The van der Waals surface area contributed by atoms with Crippen molar-refractivity contribution >= 4 is 38.6 Å². The van der Waals surface area contributed by atoms with Crippen LogP contribution >= 0.6 is 22.9 Å². The van der Waals surface area contributed by atoms with Crippen molar-refractivity contribution < 1.29 is 18.4 Å². The van der Waals surface area contributed by atoms with Crippen LogP contribution in [0.2, 0.25) is 4.34 Å². The molecule has 0 aliphatic heterocycles. The van der Waals surface area contributed by atoms with Crippen LogP contribution in [0.15, 0.2) is 10.3 Å². The Morgan fingerprint density at radius 1 is 1.71 bits per heavy atom. The van der Waals surface area contributed by atoms with Crippen molar-refractivity contribution in [3.05, 3.63) is 20.5 Å². The number of hydrogen-bond donors (Lipinski definition) is 2. The maximum atomic E-state index is 11.6. The second-order valence-corrected chi connectivity index (χ2v) is 6.83. The first-order chi connectivity index (χ1) is 7.74. The Kier molecular flexibility index (Phi) is 4.44. The van der Waals surface area contributed by atoms with Crippen LogP contribution in [0.5, 0.6) is 0 Å². The lowest BCUT2D eigenvalue weighted by molar-refractivity contribution is -0.384. The molecule has 0 amide bonds. The predicted molar refractivity (Wildman–Crippen MR) is 62.9 cm³/mol. The van der Waals surface area contributed by atoms with Gasteiger partial charge in [0.25, 0.3) is 5.69 Å². The summed E-state index contributed by atoms with van der Waals surface area (Å²) in [6.45, 7) is 1.23. The molecule has 0 bridgehead atoms. The SMILES string of the molecule is C[C@H](O)CNS(=O)(=O)c1cc([N+](=O)[O-])c(Cl)s1. The summed E-state index contributed by atoms with van der Waals surface area (Å²) in [6.07, 6.45) is -0.852. The Bertz CT molecular complexity index is 524. The fourth-order valence-electron chi connectivity index (χ4n) is 0.897. The molecule has 0 aliphatic rings. The Hall–Kier alpha value is -0.740. The van der Waals surface area contributed by atoms with Crippen molar-refractivity contribution in [2.75, 3.05) is 6.54 Å². The first-order valence-corrected chi connectivity index (χ1v) is 7.03. The Balaban J connectivity index is 3.00. The minimum absolute atomic E-state index is 0.175. The van der Waals surface area contributed by atoms with E-state index in [2.05, 4.69) is 4.72 Å². The van der Waals surface area contributed by atoms with E-state index in [0.717, 1.165) is 6.07 Å². The molecule has 1 atom stereocenters. The van der Waals surface area contributed by atoms with Crippen LogP contribution in [0.1, 0.15) is 6.92 Å². The Morgan fingerprint density at radius 2 is 2.29 bits per heavy atom. The molecule has 1 heterocycles. The number of nitrogens with one attached hydrogen (secondary N) is 1. The van der Waals surface area contributed by atoms with Crippen molar-refractivity contribution in [3.8, 4) is 0 Å². The highest BCUT2D eigenvalue weighted by Crippen LogP contribution is 2.35. The van der Waals surface area contributed by atoms with Crippen LogP contribution in [0.25, 0.3) is 0 Å². The number of thiophene rings is 1. The van der Waals surface area contributed by atoms with Crippen LogP contribution in [-0.2, 0) is 10.0 Å². The fourth-order valence-corrected chi connectivity index (χ4v) is 3.73. The topological polar surface area (TPSA) is 110 Å². The van der Waals surface area contributed by atoms with Crippen molar-refractivity contribution in [2.45, 2.75) is 17.2 Å². The number of hydrogen-bond acceptors (Lipinski definition) is 6. The molecule has 1 aromatic rings. The molecule has 0 aliphatic carbocycles. The second kappa shape index (κ2) is 5.27. The highest BCUT2D eigenvalue weighted by Gasteiger charge is 2.25. The summed E-state index contributed by atoms with van der Waals surface area (Å²) in [5, 5.41) is 19.5. The summed E-state index contributed by atoms with van der Waals surface area (Å²) in [5.74, 6) is 0. The highest BCUT2D eigenvalue weighted by molar-refractivity contribution is 7.91. The van der Waals surface area contributed by atoms with Crippen LogP contribution in [0.3, 0.4) is 0 Å². The Morgan fingerprint density at radius 3 is 2.71 bits per heavy atom. The Labute approximate surface area is 106 Å². The third kappa shape index (κ3) is 3.61. The maximum Gasteiger partial charge on any atom is 0.300 e. The van der Waals surface area contributed by atoms with Gasteiger partial charge in [-0.1, -0.05) is 11.6 Å². The second-order valence-electron chi connectivity index (χ2n) is 3.18. The minimum Gasteiger partial charge on any atom is -0.392 e. The maximum absolute atomic E-state index is 11.6. The molecule has 0 spiro atoms. The molecule has 96 valence electrons. The van der Waals surface area contributed by atoms with Gasteiger partial charge in [-0.15, -0.1) is 11.3 Å². The smallest absolute Gasteiger partial charge is 0.300 e. The van der Waals surface area contributed by atoms with Gasteiger partial charge in [0.2, 0.25) is 10.0 Å². The predicted octanol–water partition coefficient (Wildman–Crippen LogP) is 0.969. The van der Waals surface area contributed by atoms with Crippen molar-refractivity contribution in [3.63, 3.8) is 0 Å². The van der Waals surface area contributed by atoms with Crippen molar-refractivity contribution in [1.82, 2.24) is 4.72 Å². The van der Waals surface area contributed by atoms with Gasteiger partial charge in [-0.3, -0.25) is 10.1 Å². The van der Waals surface area contributed by atoms with E-state index >= 15 is 0 Å². The van der Waals surface area contributed by atoms with Gasteiger partial charge in [-0.2, -0.15) is 0 Å². The molecule has 7 nitrogen and oxygen atoms in total. The molecule has 0 unspecified atom stereocenters. The standard InChI is InChI=1S/C7H9ClN2O5S2/c1-4(11)3-9-17(14,15)6-2-5(10(12)13)7(8)16-6/h2,4,9,11H,3H2,1H3/t4-/m0/s1. The molecule has 2 N–H and O–H groups in total. The van der Waals surface area contributed by atoms with E-state index in [9.17, 15) is 18.5 Å². The number of sulfonamides is 1. The third-order valence-electron chi connectivity index (χ3n) is 1.68. The van der Waals surface area contributed by atoms with Gasteiger partial charge in [-0.25, -0.2) is 13.1 Å². The van der Waals surface area contributed by atoms with Crippen LogP contribution in [0, 0.1) is 10.1 Å². The third-order valence-corrected chi connectivity index (χ3v) is 4.91. The van der Waals surface area contributed by atoms with E-state index in [0.29, 0.717) is 11.3 Å². The van der Waals surface area contributed by atoms with Crippen LogP contribution < -0.4 is 4.72 Å². The molecule has 1 rings (SSSR count). The van der Waals surface area contributed by atoms with E-state index in [1.165, 1.54) is 6.92 Å². The van der Waals surface area contributed by atoms with Gasteiger partial charge in [-0.05, 0) is 6.92 Å². The van der Waals surface area contributed by atoms with Gasteiger partial charge in [0.1, 0.15) is 4.21 Å².